The van der Waals surface area contributed by atoms with E-state index in [4.69, 9.17) is 16.3 Å². The highest BCUT2D eigenvalue weighted by atomic mass is 35.5. The van der Waals surface area contributed by atoms with Crippen molar-refractivity contribution in [2.75, 3.05) is 20.7 Å². The molecule has 0 radical (unpaired) electrons. The van der Waals surface area contributed by atoms with E-state index in [0.29, 0.717) is 22.6 Å². The number of ether oxygens (including phenoxy) is 1. The van der Waals surface area contributed by atoms with Crippen LogP contribution in [0, 0.1) is 11.8 Å². The number of hydrogen-bond acceptors (Lipinski definition) is 4. The Morgan fingerprint density at radius 2 is 1.70 bits per heavy atom. The Kier molecular flexibility index (Phi) is 6.27. The number of rotatable bonds is 7. The molecule has 4 rings (SSSR count). The number of amides is 2. The van der Waals surface area contributed by atoms with Gasteiger partial charge in [0.15, 0.2) is 6.61 Å². The van der Waals surface area contributed by atoms with E-state index in [0.717, 1.165) is 19.3 Å². The lowest BCUT2D eigenvalue weighted by Crippen LogP contribution is -2.61. The van der Waals surface area contributed by atoms with Crippen LogP contribution in [-0.2, 0) is 9.59 Å². The van der Waals surface area contributed by atoms with E-state index in [1.54, 1.807) is 24.3 Å². The topological polar surface area (TPSA) is 70.7 Å². The van der Waals surface area contributed by atoms with Crippen LogP contribution in [0.4, 0.5) is 0 Å². The fraction of sp³-hybridized carbons (Fsp3) is 0.600. The Morgan fingerprint density at radius 1 is 1.11 bits per heavy atom. The highest BCUT2D eigenvalue weighted by Crippen LogP contribution is 2.45. The van der Waals surface area contributed by atoms with Gasteiger partial charge in [-0.2, -0.15) is 0 Å². The summed E-state index contributed by atoms with van der Waals surface area (Å²) in [6.07, 6.45) is 2.91. The van der Waals surface area contributed by atoms with Crippen molar-refractivity contribution in [1.82, 2.24) is 15.5 Å². The lowest BCUT2D eigenvalue weighted by molar-refractivity contribution is -0.128. The van der Waals surface area contributed by atoms with Gasteiger partial charge in [-0.05, 0) is 76.4 Å². The fourth-order valence-electron chi connectivity index (χ4n) is 3.84. The molecule has 148 valence electrons. The first-order valence-corrected chi connectivity index (χ1v) is 9.86. The van der Waals surface area contributed by atoms with Crippen LogP contribution in [0.1, 0.15) is 26.2 Å². The summed E-state index contributed by atoms with van der Waals surface area (Å²) in [5.41, 5.74) is 0. The number of nitrogens with one attached hydrogen (secondary N) is 2. The minimum Gasteiger partial charge on any atom is -0.484 e. The van der Waals surface area contributed by atoms with Gasteiger partial charge in [-0.25, -0.2) is 0 Å². The molecular weight excluding hydrogens is 366 g/mol. The Hall–Kier alpha value is -1.79. The molecule has 0 heterocycles. The number of likely N-dealkylation sites (N-methyl/N-ethyl adjacent to an activating group) is 1. The average molecular weight is 394 g/mol. The van der Waals surface area contributed by atoms with Crippen molar-refractivity contribution in [3.8, 4) is 5.75 Å². The molecule has 0 spiro atoms. The molecule has 0 unspecified atom stereocenters. The lowest BCUT2D eigenvalue weighted by atomic mass is 9.60. The van der Waals surface area contributed by atoms with Gasteiger partial charge in [-0.1, -0.05) is 11.6 Å². The van der Waals surface area contributed by atoms with Crippen molar-refractivity contribution in [1.29, 1.82) is 0 Å². The first-order valence-electron chi connectivity index (χ1n) is 9.48. The molecule has 0 aromatic heterocycles. The quantitative estimate of drug-likeness (QED) is 0.744. The normalized spacial score (nSPS) is 27.4. The molecule has 1 aromatic rings. The van der Waals surface area contributed by atoms with Crippen molar-refractivity contribution in [3.63, 3.8) is 0 Å². The second-order valence-electron chi connectivity index (χ2n) is 7.90. The predicted molar refractivity (Wildman–Crippen MR) is 105 cm³/mol. The molecule has 3 atom stereocenters. The fourth-order valence-corrected chi connectivity index (χ4v) is 3.97. The smallest absolute Gasteiger partial charge is 0.258 e. The van der Waals surface area contributed by atoms with Crippen molar-refractivity contribution in [2.24, 2.45) is 11.8 Å². The molecule has 7 heteroatoms. The lowest BCUT2D eigenvalue weighted by Gasteiger charge is -2.51. The van der Waals surface area contributed by atoms with E-state index in [9.17, 15) is 9.59 Å². The van der Waals surface area contributed by atoms with Crippen molar-refractivity contribution < 1.29 is 14.3 Å². The van der Waals surface area contributed by atoms with Gasteiger partial charge in [0.2, 0.25) is 5.91 Å². The zero-order valence-electron chi connectivity index (χ0n) is 16.1. The van der Waals surface area contributed by atoms with Crippen LogP contribution in [-0.4, -0.2) is 55.5 Å². The summed E-state index contributed by atoms with van der Waals surface area (Å²) < 4.78 is 5.52. The maximum absolute atomic E-state index is 12.4. The second-order valence-corrected chi connectivity index (χ2v) is 8.33. The Labute approximate surface area is 165 Å². The number of benzene rings is 1. The van der Waals surface area contributed by atoms with Crippen LogP contribution >= 0.6 is 11.6 Å². The largest absolute Gasteiger partial charge is 0.484 e. The van der Waals surface area contributed by atoms with E-state index in [1.165, 1.54) is 0 Å². The van der Waals surface area contributed by atoms with Crippen molar-refractivity contribution in [2.45, 2.75) is 44.3 Å². The highest BCUT2D eigenvalue weighted by molar-refractivity contribution is 6.30. The average Bonchev–Trinajstić information content (AvgIpc) is 2.59. The minimum atomic E-state index is -0.163. The molecule has 2 amide bonds. The highest BCUT2D eigenvalue weighted by Gasteiger charge is 2.47. The maximum Gasteiger partial charge on any atom is 0.258 e. The summed E-state index contributed by atoms with van der Waals surface area (Å²) in [6, 6.07) is 7.00. The molecule has 3 aliphatic rings. The summed E-state index contributed by atoms with van der Waals surface area (Å²) in [4.78, 5) is 26.5. The third kappa shape index (κ3) is 4.93. The Balaban J connectivity index is 1.48. The molecule has 1 aromatic carbocycles. The van der Waals surface area contributed by atoms with Gasteiger partial charge in [0.25, 0.3) is 5.91 Å². The molecule has 0 saturated heterocycles. The third-order valence-corrected chi connectivity index (χ3v) is 6.12. The molecule has 3 fully saturated rings. The second kappa shape index (κ2) is 8.48. The molecule has 3 saturated carbocycles. The van der Waals surface area contributed by atoms with Gasteiger partial charge >= 0.3 is 0 Å². The monoisotopic (exact) mass is 393 g/mol. The molecule has 27 heavy (non-hydrogen) atoms. The summed E-state index contributed by atoms with van der Waals surface area (Å²) in [5, 5.41) is 6.90. The van der Waals surface area contributed by atoms with E-state index < -0.39 is 0 Å². The van der Waals surface area contributed by atoms with Gasteiger partial charge in [0.1, 0.15) is 5.75 Å². The number of carbonyl (C=O) groups is 2. The first kappa shape index (κ1) is 20.0. The zero-order valence-corrected chi connectivity index (χ0v) is 16.8. The summed E-state index contributed by atoms with van der Waals surface area (Å²) >= 11 is 5.84. The van der Waals surface area contributed by atoms with Crippen LogP contribution in [0.25, 0.3) is 0 Å². The number of hydrogen-bond donors (Lipinski definition) is 2. The van der Waals surface area contributed by atoms with Crippen LogP contribution in [0.15, 0.2) is 24.3 Å². The van der Waals surface area contributed by atoms with Crippen LogP contribution < -0.4 is 15.4 Å². The number of halogens is 1. The first-order chi connectivity index (χ1) is 12.8. The standard InChI is InChI=1S/C20H28ClN3O3/c1-12(24(2)3)20(26)23-18-10-17(13-8-14(18)9-13)22-19(25)11-27-16-6-4-15(21)5-7-16/h4-7,12-14,17-18H,8-11H2,1-3H3,(H,22,25)(H,23,26)/t12-,13?,14?,17+,18-/m0/s1. The van der Waals surface area contributed by atoms with Gasteiger partial charge < -0.3 is 15.4 Å². The van der Waals surface area contributed by atoms with Crippen molar-refractivity contribution in [3.05, 3.63) is 29.3 Å². The molecular formula is C20H28ClN3O3. The number of fused-ring (bicyclic) bond motifs is 2. The number of carbonyl (C=O) groups excluding carboxylic acids is 2. The van der Waals surface area contributed by atoms with Gasteiger partial charge in [0, 0.05) is 17.1 Å². The van der Waals surface area contributed by atoms with Crippen molar-refractivity contribution >= 4 is 23.4 Å². The van der Waals surface area contributed by atoms with E-state index in [1.807, 2.05) is 25.9 Å². The third-order valence-electron chi connectivity index (χ3n) is 5.87. The summed E-state index contributed by atoms with van der Waals surface area (Å²) in [6.45, 7) is 1.87. The van der Waals surface area contributed by atoms with E-state index >= 15 is 0 Å². The molecule has 2 bridgehead atoms. The molecule has 2 N–H and O–H groups in total. The summed E-state index contributed by atoms with van der Waals surface area (Å²) in [7, 11) is 3.79. The summed E-state index contributed by atoms with van der Waals surface area (Å²) in [5.74, 6) is 1.57. The van der Waals surface area contributed by atoms with Gasteiger partial charge in [-0.3, -0.25) is 14.5 Å². The Morgan fingerprint density at radius 3 is 2.30 bits per heavy atom. The van der Waals surface area contributed by atoms with Gasteiger partial charge in [0.05, 0.1) is 6.04 Å². The van der Waals surface area contributed by atoms with Crippen LogP contribution in [0.2, 0.25) is 5.02 Å². The predicted octanol–water partition coefficient (Wildman–Crippen LogP) is 2.07. The maximum atomic E-state index is 12.4. The van der Waals surface area contributed by atoms with Gasteiger partial charge in [-0.15, -0.1) is 0 Å². The molecule has 6 nitrogen and oxygen atoms in total. The molecule has 3 aliphatic carbocycles. The number of nitrogens with zero attached hydrogens (tertiary/aromatic N) is 1. The van der Waals surface area contributed by atoms with E-state index in [-0.39, 0.29) is 36.5 Å². The van der Waals surface area contributed by atoms with Crippen LogP contribution in [0.3, 0.4) is 0 Å². The van der Waals surface area contributed by atoms with Crippen LogP contribution in [0.5, 0.6) is 5.75 Å². The van der Waals surface area contributed by atoms with E-state index in [2.05, 4.69) is 10.6 Å². The minimum absolute atomic E-state index is 0.0248. The zero-order chi connectivity index (χ0) is 19.6. The Bertz CT molecular complexity index is 674. The molecule has 0 aliphatic heterocycles. The SMILES string of the molecule is C[C@@H](C(=O)N[C@H]1C[C@@H](NC(=O)COc2ccc(Cl)cc2)C2CC1C2)N(C)C.